The van der Waals surface area contributed by atoms with E-state index in [1.165, 1.54) is 4.90 Å². The zero-order chi connectivity index (χ0) is 10.8. The van der Waals surface area contributed by atoms with E-state index in [9.17, 15) is 9.59 Å². The van der Waals surface area contributed by atoms with Crippen molar-refractivity contribution < 1.29 is 19.4 Å². The first-order valence-corrected chi connectivity index (χ1v) is 5.05. The van der Waals surface area contributed by atoms with Gasteiger partial charge in [-0.25, -0.2) is 4.79 Å². The Hall–Kier alpha value is -1.14. The minimum Gasteiger partial charge on any atom is -0.480 e. The minimum atomic E-state index is -1.00. The Bertz CT molecular complexity index is 275. The fourth-order valence-corrected chi connectivity index (χ4v) is 2.07. The first-order valence-electron chi connectivity index (χ1n) is 5.05. The van der Waals surface area contributed by atoms with Crippen LogP contribution in [0.2, 0.25) is 0 Å². The molecule has 0 aliphatic carbocycles. The monoisotopic (exact) mass is 214 g/mol. The SMILES string of the molecule is O=C(O)C1COCC(=O)N1C1CCCN1. The van der Waals surface area contributed by atoms with Crippen molar-refractivity contribution in [3.8, 4) is 0 Å². The number of aliphatic carboxylic acids is 1. The average molecular weight is 214 g/mol. The first kappa shape index (κ1) is 10.4. The van der Waals surface area contributed by atoms with Gasteiger partial charge < -0.3 is 14.7 Å². The van der Waals surface area contributed by atoms with E-state index in [-0.39, 0.29) is 25.3 Å². The molecule has 2 atom stereocenters. The van der Waals surface area contributed by atoms with E-state index in [4.69, 9.17) is 9.84 Å². The molecule has 2 heterocycles. The van der Waals surface area contributed by atoms with Crippen LogP contribution in [-0.4, -0.2) is 53.8 Å². The molecule has 0 spiro atoms. The number of morpholine rings is 1. The van der Waals surface area contributed by atoms with Crippen LogP contribution in [0.4, 0.5) is 0 Å². The molecular formula is C9H14N2O4. The van der Waals surface area contributed by atoms with Crippen LogP contribution in [0.1, 0.15) is 12.8 Å². The van der Waals surface area contributed by atoms with Gasteiger partial charge in [0.05, 0.1) is 12.8 Å². The van der Waals surface area contributed by atoms with Crippen LogP contribution >= 0.6 is 0 Å². The maximum atomic E-state index is 11.6. The fraction of sp³-hybridized carbons (Fsp3) is 0.778. The van der Waals surface area contributed by atoms with Crippen molar-refractivity contribution in [3.63, 3.8) is 0 Å². The maximum Gasteiger partial charge on any atom is 0.328 e. The van der Waals surface area contributed by atoms with E-state index in [1.807, 2.05) is 0 Å². The molecular weight excluding hydrogens is 200 g/mol. The third kappa shape index (κ3) is 1.95. The lowest BCUT2D eigenvalue weighted by Gasteiger charge is -2.37. The molecule has 2 N–H and O–H groups in total. The molecule has 2 aliphatic rings. The minimum absolute atomic E-state index is 0.0119. The summed E-state index contributed by atoms with van der Waals surface area (Å²) in [5, 5.41) is 12.1. The number of carboxylic acid groups (broad SMARTS) is 1. The topological polar surface area (TPSA) is 78.9 Å². The Balaban J connectivity index is 2.14. The van der Waals surface area contributed by atoms with Gasteiger partial charge in [0, 0.05) is 0 Å². The van der Waals surface area contributed by atoms with Crippen molar-refractivity contribution in [2.45, 2.75) is 25.0 Å². The third-order valence-corrected chi connectivity index (χ3v) is 2.78. The molecule has 2 rings (SSSR count). The zero-order valence-electron chi connectivity index (χ0n) is 8.31. The van der Waals surface area contributed by atoms with Crippen molar-refractivity contribution in [3.05, 3.63) is 0 Å². The standard InChI is InChI=1S/C9H14N2O4/c12-8-5-15-4-6(9(13)14)11(8)7-2-1-3-10-7/h6-7,10H,1-5H2,(H,13,14). The van der Waals surface area contributed by atoms with E-state index < -0.39 is 12.0 Å². The third-order valence-electron chi connectivity index (χ3n) is 2.78. The molecule has 0 saturated carbocycles. The Kier molecular flexibility index (Phi) is 2.88. The van der Waals surface area contributed by atoms with Gasteiger partial charge in [-0.2, -0.15) is 0 Å². The van der Waals surface area contributed by atoms with E-state index in [0.29, 0.717) is 0 Å². The van der Waals surface area contributed by atoms with Crippen molar-refractivity contribution >= 4 is 11.9 Å². The van der Waals surface area contributed by atoms with Gasteiger partial charge in [-0.15, -0.1) is 0 Å². The molecule has 2 fully saturated rings. The van der Waals surface area contributed by atoms with Gasteiger partial charge in [-0.1, -0.05) is 0 Å². The fourth-order valence-electron chi connectivity index (χ4n) is 2.07. The average Bonchev–Trinajstić information content (AvgIpc) is 2.70. The number of hydrogen-bond acceptors (Lipinski definition) is 4. The van der Waals surface area contributed by atoms with Gasteiger partial charge in [0.1, 0.15) is 6.61 Å². The number of amides is 1. The number of hydrogen-bond donors (Lipinski definition) is 2. The molecule has 1 amide bonds. The molecule has 0 bridgehead atoms. The second-order valence-corrected chi connectivity index (χ2v) is 3.78. The molecule has 2 unspecified atom stereocenters. The number of rotatable bonds is 2. The normalized spacial score (nSPS) is 32.0. The first-order chi connectivity index (χ1) is 7.20. The van der Waals surface area contributed by atoms with E-state index in [0.717, 1.165) is 19.4 Å². The van der Waals surface area contributed by atoms with Crippen LogP contribution < -0.4 is 5.32 Å². The Morgan fingerprint density at radius 1 is 1.60 bits per heavy atom. The molecule has 2 saturated heterocycles. The molecule has 0 aromatic rings. The van der Waals surface area contributed by atoms with E-state index in [2.05, 4.69) is 5.32 Å². The van der Waals surface area contributed by atoms with E-state index >= 15 is 0 Å². The quantitative estimate of drug-likeness (QED) is 0.617. The highest BCUT2D eigenvalue weighted by molar-refractivity contribution is 5.85. The van der Waals surface area contributed by atoms with Gasteiger partial charge >= 0.3 is 5.97 Å². The molecule has 0 aromatic heterocycles. The highest BCUT2D eigenvalue weighted by Gasteiger charge is 2.39. The second-order valence-electron chi connectivity index (χ2n) is 3.78. The van der Waals surface area contributed by atoms with Gasteiger partial charge in [0.25, 0.3) is 5.91 Å². The van der Waals surface area contributed by atoms with Gasteiger partial charge in [0.15, 0.2) is 6.04 Å². The highest BCUT2D eigenvalue weighted by atomic mass is 16.5. The smallest absolute Gasteiger partial charge is 0.328 e. The van der Waals surface area contributed by atoms with Crippen molar-refractivity contribution in [2.24, 2.45) is 0 Å². The molecule has 15 heavy (non-hydrogen) atoms. The highest BCUT2D eigenvalue weighted by Crippen LogP contribution is 2.17. The van der Waals surface area contributed by atoms with Crippen LogP contribution in [0.3, 0.4) is 0 Å². The Morgan fingerprint density at radius 3 is 3.00 bits per heavy atom. The van der Waals surface area contributed by atoms with Crippen LogP contribution in [0.15, 0.2) is 0 Å². The lowest BCUT2D eigenvalue weighted by Crippen LogP contribution is -2.59. The number of ether oxygens (including phenoxy) is 1. The second kappa shape index (κ2) is 4.16. The summed E-state index contributed by atoms with van der Waals surface area (Å²) in [6.07, 6.45) is 1.65. The summed E-state index contributed by atoms with van der Waals surface area (Å²) in [6, 6.07) is -0.846. The summed E-state index contributed by atoms with van der Waals surface area (Å²) < 4.78 is 4.95. The van der Waals surface area contributed by atoms with Crippen molar-refractivity contribution in [1.29, 1.82) is 0 Å². The largest absolute Gasteiger partial charge is 0.480 e. The van der Waals surface area contributed by atoms with Crippen LogP contribution in [0.5, 0.6) is 0 Å². The number of nitrogens with one attached hydrogen (secondary N) is 1. The van der Waals surface area contributed by atoms with Gasteiger partial charge in [-0.05, 0) is 19.4 Å². The van der Waals surface area contributed by atoms with Crippen molar-refractivity contribution in [1.82, 2.24) is 10.2 Å². The number of carbonyl (C=O) groups excluding carboxylic acids is 1. The molecule has 84 valence electrons. The van der Waals surface area contributed by atoms with Crippen LogP contribution in [-0.2, 0) is 14.3 Å². The maximum absolute atomic E-state index is 11.6. The predicted octanol–water partition coefficient (Wildman–Crippen LogP) is -0.992. The molecule has 0 radical (unpaired) electrons. The van der Waals surface area contributed by atoms with Crippen LogP contribution in [0.25, 0.3) is 0 Å². The van der Waals surface area contributed by atoms with Gasteiger partial charge in [0.2, 0.25) is 0 Å². The number of carbonyl (C=O) groups is 2. The Labute approximate surface area is 87.2 Å². The predicted molar refractivity (Wildman–Crippen MR) is 50.1 cm³/mol. The summed E-state index contributed by atoms with van der Waals surface area (Å²) in [7, 11) is 0. The Morgan fingerprint density at radius 2 is 2.40 bits per heavy atom. The lowest BCUT2D eigenvalue weighted by atomic mass is 10.2. The van der Waals surface area contributed by atoms with Crippen LogP contribution in [0, 0.1) is 0 Å². The van der Waals surface area contributed by atoms with Crippen molar-refractivity contribution in [2.75, 3.05) is 19.8 Å². The molecule has 2 aliphatic heterocycles. The molecule has 6 nitrogen and oxygen atoms in total. The summed E-state index contributed by atoms with van der Waals surface area (Å²) >= 11 is 0. The summed E-state index contributed by atoms with van der Waals surface area (Å²) in [5.74, 6) is -1.25. The lowest BCUT2D eigenvalue weighted by molar-refractivity contribution is -0.166. The summed E-state index contributed by atoms with van der Waals surface area (Å²) in [5.41, 5.74) is 0. The molecule has 6 heteroatoms. The summed E-state index contributed by atoms with van der Waals surface area (Å²) in [4.78, 5) is 24.0. The zero-order valence-corrected chi connectivity index (χ0v) is 8.31. The number of carboxylic acids is 1. The number of nitrogens with zero attached hydrogens (tertiary/aromatic N) is 1. The van der Waals surface area contributed by atoms with E-state index in [1.54, 1.807) is 0 Å². The van der Waals surface area contributed by atoms with Gasteiger partial charge in [-0.3, -0.25) is 10.1 Å². The molecule has 0 aromatic carbocycles. The summed E-state index contributed by atoms with van der Waals surface area (Å²) in [6.45, 7) is 0.906.